The highest BCUT2D eigenvalue weighted by molar-refractivity contribution is 6.48. The van der Waals surface area contributed by atoms with Gasteiger partial charge in [-0.25, -0.2) is 4.39 Å². The molecular formula is C24H25ClFN5O4. The van der Waals surface area contributed by atoms with Crippen molar-refractivity contribution in [3.05, 3.63) is 63.3 Å². The molecule has 2 amide bonds. The molecule has 1 aliphatic heterocycles. The standard InChI is InChI=1S/C24H25ClFN5O4/c1-11(2)19(24-27-13(4)30-35-24)29-23(34)21(32)20-18(25)17(16-6-5-9-31(16)20)22(33)28-14-7-8-15(26)12(3)10-14/h7-8,10-11,19H,5-6,9H2,1-4H3,(H,28,33)(H,29,34)/t19-/m0/s1. The molecule has 3 aromatic rings. The summed E-state index contributed by atoms with van der Waals surface area (Å²) in [7, 11) is 0. The fraction of sp³-hybridized carbons (Fsp3) is 0.375. The van der Waals surface area contributed by atoms with Crippen LogP contribution in [0.25, 0.3) is 0 Å². The predicted molar refractivity (Wildman–Crippen MR) is 126 cm³/mol. The third-order valence-electron chi connectivity index (χ3n) is 5.93. The largest absolute Gasteiger partial charge is 0.340 e. The van der Waals surface area contributed by atoms with Crippen LogP contribution >= 0.6 is 11.6 Å². The number of hydrogen-bond donors (Lipinski definition) is 2. The molecule has 0 saturated heterocycles. The molecule has 1 aromatic carbocycles. The van der Waals surface area contributed by atoms with Crippen molar-refractivity contribution in [2.75, 3.05) is 5.32 Å². The van der Waals surface area contributed by atoms with E-state index in [9.17, 15) is 18.8 Å². The highest BCUT2D eigenvalue weighted by Crippen LogP contribution is 2.34. The van der Waals surface area contributed by atoms with Crippen LogP contribution < -0.4 is 10.6 Å². The Morgan fingerprint density at radius 3 is 2.60 bits per heavy atom. The summed E-state index contributed by atoms with van der Waals surface area (Å²) in [6.45, 7) is 7.38. The lowest BCUT2D eigenvalue weighted by molar-refractivity contribution is -0.118. The van der Waals surface area contributed by atoms with Crippen LogP contribution in [0, 0.1) is 25.6 Å². The number of nitrogens with one attached hydrogen (secondary N) is 2. The number of carbonyl (C=O) groups excluding carboxylic acids is 3. The van der Waals surface area contributed by atoms with Gasteiger partial charge >= 0.3 is 0 Å². The highest BCUT2D eigenvalue weighted by Gasteiger charge is 2.36. The summed E-state index contributed by atoms with van der Waals surface area (Å²) in [6, 6.07) is 3.52. The first-order valence-corrected chi connectivity index (χ1v) is 11.6. The smallest absolute Gasteiger partial charge is 0.294 e. The van der Waals surface area contributed by atoms with E-state index < -0.39 is 23.6 Å². The summed E-state index contributed by atoms with van der Waals surface area (Å²) in [6.07, 6.45) is 1.22. The number of halogens is 2. The van der Waals surface area contributed by atoms with Gasteiger partial charge in [-0.3, -0.25) is 14.4 Å². The van der Waals surface area contributed by atoms with Crippen LogP contribution in [-0.4, -0.2) is 32.3 Å². The zero-order chi connectivity index (χ0) is 25.4. The van der Waals surface area contributed by atoms with Gasteiger partial charge in [0.2, 0.25) is 5.89 Å². The van der Waals surface area contributed by atoms with Crippen LogP contribution in [-0.2, 0) is 17.8 Å². The van der Waals surface area contributed by atoms with E-state index >= 15 is 0 Å². The molecule has 2 aromatic heterocycles. The van der Waals surface area contributed by atoms with Gasteiger partial charge in [0.25, 0.3) is 17.6 Å². The Bertz CT molecular complexity index is 1330. The normalized spacial score (nSPS) is 13.6. The predicted octanol–water partition coefficient (Wildman–Crippen LogP) is 4.18. The molecule has 1 atom stereocenters. The number of rotatable bonds is 7. The second-order valence-electron chi connectivity index (χ2n) is 8.86. The zero-order valence-corrected chi connectivity index (χ0v) is 20.5. The Morgan fingerprint density at radius 1 is 1.23 bits per heavy atom. The number of Topliss-reactive ketones (excluding diaryl/α,β-unsaturated/α-hetero) is 1. The number of benzene rings is 1. The van der Waals surface area contributed by atoms with Crippen LogP contribution in [0.2, 0.25) is 5.02 Å². The number of aryl methyl sites for hydroxylation is 2. The van der Waals surface area contributed by atoms with Gasteiger partial charge in [0.05, 0.1) is 10.6 Å². The van der Waals surface area contributed by atoms with Crippen LogP contribution in [0.1, 0.15) is 70.1 Å². The first kappa shape index (κ1) is 24.6. The second-order valence-corrected chi connectivity index (χ2v) is 9.24. The first-order valence-electron chi connectivity index (χ1n) is 11.2. The minimum atomic E-state index is -0.894. The lowest BCUT2D eigenvalue weighted by Gasteiger charge is -2.18. The number of amides is 2. The van der Waals surface area contributed by atoms with Crippen molar-refractivity contribution in [1.82, 2.24) is 20.0 Å². The Morgan fingerprint density at radius 2 is 1.97 bits per heavy atom. The molecule has 0 bridgehead atoms. The number of nitrogens with zero attached hydrogens (tertiary/aromatic N) is 3. The molecule has 11 heteroatoms. The van der Waals surface area contributed by atoms with Crippen LogP contribution in [0.5, 0.6) is 0 Å². The van der Waals surface area contributed by atoms with Crippen molar-refractivity contribution in [1.29, 1.82) is 0 Å². The van der Waals surface area contributed by atoms with Crippen molar-refractivity contribution in [2.24, 2.45) is 5.92 Å². The number of fused-ring (bicyclic) bond motifs is 1. The van der Waals surface area contributed by atoms with E-state index in [1.165, 1.54) is 18.2 Å². The van der Waals surface area contributed by atoms with Gasteiger partial charge in [-0.15, -0.1) is 0 Å². The quantitative estimate of drug-likeness (QED) is 0.370. The second kappa shape index (κ2) is 9.61. The van der Waals surface area contributed by atoms with Crippen molar-refractivity contribution in [2.45, 2.75) is 53.1 Å². The Kier molecular flexibility index (Phi) is 6.75. The SMILES string of the molecule is Cc1noc([C@@H](NC(=O)C(=O)c2c(Cl)c(C(=O)Nc3ccc(F)c(C)c3)c3n2CCC3)C(C)C)n1. The molecule has 0 spiro atoms. The molecule has 0 unspecified atom stereocenters. The van der Waals surface area contributed by atoms with E-state index in [2.05, 4.69) is 20.8 Å². The maximum absolute atomic E-state index is 13.6. The molecule has 0 saturated carbocycles. The zero-order valence-electron chi connectivity index (χ0n) is 19.7. The fourth-order valence-electron chi connectivity index (χ4n) is 4.18. The molecule has 2 N–H and O–H groups in total. The number of aromatic nitrogens is 3. The summed E-state index contributed by atoms with van der Waals surface area (Å²) in [5.41, 5.74) is 1.44. The first-order chi connectivity index (χ1) is 16.6. The number of anilines is 1. The molecule has 0 radical (unpaired) electrons. The van der Waals surface area contributed by atoms with Gasteiger partial charge < -0.3 is 19.7 Å². The average Bonchev–Trinajstić information content (AvgIpc) is 3.49. The van der Waals surface area contributed by atoms with Crippen molar-refractivity contribution >= 4 is 34.9 Å². The van der Waals surface area contributed by atoms with E-state index in [0.717, 1.165) is 0 Å². The van der Waals surface area contributed by atoms with Gasteiger partial charge in [-0.05, 0) is 56.4 Å². The maximum atomic E-state index is 13.6. The average molecular weight is 502 g/mol. The van der Waals surface area contributed by atoms with Crippen LogP contribution in [0.4, 0.5) is 10.1 Å². The van der Waals surface area contributed by atoms with Crippen molar-refractivity contribution in [3.63, 3.8) is 0 Å². The monoisotopic (exact) mass is 501 g/mol. The third kappa shape index (κ3) is 4.70. The molecule has 35 heavy (non-hydrogen) atoms. The highest BCUT2D eigenvalue weighted by atomic mass is 35.5. The van der Waals surface area contributed by atoms with Gasteiger partial charge in [0.15, 0.2) is 5.82 Å². The molecule has 4 rings (SSSR count). The van der Waals surface area contributed by atoms with Gasteiger partial charge in [-0.1, -0.05) is 30.6 Å². The fourth-order valence-corrected chi connectivity index (χ4v) is 4.56. The molecule has 1 aliphatic rings. The van der Waals surface area contributed by atoms with Crippen LogP contribution in [0.3, 0.4) is 0 Å². The topological polar surface area (TPSA) is 119 Å². The molecular weight excluding hydrogens is 477 g/mol. The lowest BCUT2D eigenvalue weighted by Crippen LogP contribution is -2.37. The van der Waals surface area contributed by atoms with E-state index in [-0.39, 0.29) is 33.9 Å². The van der Waals surface area contributed by atoms with E-state index in [1.54, 1.807) is 18.4 Å². The van der Waals surface area contributed by atoms with Crippen molar-refractivity contribution < 1.29 is 23.3 Å². The Labute approximate surface area is 206 Å². The van der Waals surface area contributed by atoms with Gasteiger partial charge in [0, 0.05) is 17.9 Å². The number of carbonyl (C=O) groups is 3. The number of hydrogen-bond acceptors (Lipinski definition) is 6. The Hall–Kier alpha value is -3.53. The lowest BCUT2D eigenvalue weighted by atomic mass is 10.0. The summed E-state index contributed by atoms with van der Waals surface area (Å²) < 4.78 is 20.4. The van der Waals surface area contributed by atoms with E-state index in [0.29, 0.717) is 42.2 Å². The molecule has 0 fully saturated rings. The third-order valence-corrected chi connectivity index (χ3v) is 6.30. The van der Waals surface area contributed by atoms with Gasteiger partial charge in [-0.2, -0.15) is 4.98 Å². The molecule has 184 valence electrons. The van der Waals surface area contributed by atoms with Crippen LogP contribution in [0.15, 0.2) is 22.7 Å². The summed E-state index contributed by atoms with van der Waals surface area (Å²) in [5, 5.41) is 9.02. The van der Waals surface area contributed by atoms with Gasteiger partial charge in [0.1, 0.15) is 17.6 Å². The maximum Gasteiger partial charge on any atom is 0.294 e. The summed E-state index contributed by atoms with van der Waals surface area (Å²) >= 11 is 6.54. The molecule has 9 nitrogen and oxygen atoms in total. The summed E-state index contributed by atoms with van der Waals surface area (Å²) in [4.78, 5) is 43.5. The van der Waals surface area contributed by atoms with Crippen molar-refractivity contribution in [3.8, 4) is 0 Å². The molecule has 3 heterocycles. The summed E-state index contributed by atoms with van der Waals surface area (Å²) in [5.74, 6) is -2.22. The minimum Gasteiger partial charge on any atom is -0.340 e. The van der Waals surface area contributed by atoms with E-state index in [1.807, 2.05) is 13.8 Å². The Balaban J connectivity index is 1.62. The molecule has 0 aliphatic carbocycles. The van der Waals surface area contributed by atoms with E-state index in [4.69, 9.17) is 16.1 Å². The number of ketones is 1. The minimum absolute atomic E-state index is 0.0404.